The van der Waals surface area contributed by atoms with Crippen LogP contribution < -0.4 is 59.1 Å². The van der Waals surface area contributed by atoms with E-state index in [1.807, 2.05) is 0 Å². The fourth-order valence-electron chi connectivity index (χ4n) is 0. The normalized spacial score (nSPS) is 8.50. The Kier molecular flexibility index (Phi) is 32.5. The summed E-state index contributed by atoms with van der Waals surface area (Å²) in [5.41, 5.74) is 0. The molecule has 0 radical (unpaired) electrons. The molecule has 14 heavy (non-hydrogen) atoms. The third-order valence-electron chi connectivity index (χ3n) is 0. The van der Waals surface area contributed by atoms with Gasteiger partial charge in [0.15, 0.2) is 0 Å². The molecule has 0 aromatic carbocycles. The Bertz CT molecular complexity index is 230. The van der Waals surface area contributed by atoms with E-state index in [0.29, 0.717) is 0 Å². The van der Waals surface area contributed by atoms with Crippen molar-refractivity contribution >= 4 is 20.8 Å². The maximum atomic E-state index is 8.74. The average molecular weight is 306 g/mol. The molecule has 0 aromatic rings. The van der Waals surface area contributed by atoms with Crippen LogP contribution in [0.5, 0.6) is 0 Å². The van der Waals surface area contributed by atoms with Crippen LogP contribution >= 0.6 is 0 Å². The van der Waals surface area contributed by atoms with Crippen molar-refractivity contribution in [3.05, 3.63) is 0 Å². The van der Waals surface area contributed by atoms with Crippen molar-refractivity contribution in [2.45, 2.75) is 0 Å². The molecular formula is H4Na2O9S2Ti+2. The molecule has 0 amide bonds. The van der Waals surface area contributed by atoms with Gasteiger partial charge in [0.1, 0.15) is 0 Å². The molecule has 0 fully saturated rings. The molecule has 0 aliphatic carbocycles. The summed E-state index contributed by atoms with van der Waals surface area (Å²) in [6.07, 6.45) is 0. The van der Waals surface area contributed by atoms with Crippen LogP contribution in [0.4, 0.5) is 0 Å². The first-order valence-corrected chi connectivity index (χ1v) is 5.03. The van der Waals surface area contributed by atoms with Gasteiger partial charge in [0.2, 0.25) is 0 Å². The quantitative estimate of drug-likeness (QED) is 0.251. The number of hydrogen-bond donors (Lipinski definition) is 4. The Morgan fingerprint density at radius 1 is 0.643 bits per heavy atom. The van der Waals surface area contributed by atoms with E-state index in [-0.39, 0.29) is 59.1 Å². The summed E-state index contributed by atoms with van der Waals surface area (Å²) in [5.74, 6) is 0. The molecule has 14 heteroatoms. The number of rotatable bonds is 0. The zero-order valence-corrected chi connectivity index (χ0v) is 14.3. The molecule has 0 spiro atoms. The molecule has 0 saturated heterocycles. The average Bonchev–Trinajstić information content (AvgIpc) is 1.59. The van der Waals surface area contributed by atoms with Gasteiger partial charge in [0.05, 0.1) is 0 Å². The molecule has 0 rings (SSSR count). The van der Waals surface area contributed by atoms with Crippen molar-refractivity contribution in [1.82, 2.24) is 0 Å². The van der Waals surface area contributed by atoms with E-state index in [1.54, 1.807) is 0 Å². The standard InChI is InChI=1S/2Na.2H2O4S.O.Ti/c;;2*1-5(2,3)4;;/h;;2*(H2,1,2,3,4);;/q2*+1;;;;. The van der Waals surface area contributed by atoms with Crippen LogP contribution in [0, 0.1) is 0 Å². The minimum absolute atomic E-state index is 0. The van der Waals surface area contributed by atoms with Crippen molar-refractivity contribution in [3.8, 4) is 0 Å². The molecule has 0 aromatic heterocycles. The van der Waals surface area contributed by atoms with Crippen LogP contribution in [0.15, 0.2) is 0 Å². The van der Waals surface area contributed by atoms with Gasteiger partial charge < -0.3 is 0 Å². The van der Waals surface area contributed by atoms with Crippen LogP contribution in [0.1, 0.15) is 0 Å². The first-order chi connectivity index (χ1) is 5.00. The van der Waals surface area contributed by atoms with Crippen LogP contribution in [0.3, 0.4) is 0 Å². The molecule has 9 nitrogen and oxygen atoms in total. The Hall–Kier alpha value is 2.25. The molecule has 4 N–H and O–H groups in total. The van der Waals surface area contributed by atoms with Crippen molar-refractivity contribution in [2.75, 3.05) is 0 Å². The summed E-state index contributed by atoms with van der Waals surface area (Å²) in [7, 11) is -9.33. The summed E-state index contributed by atoms with van der Waals surface area (Å²) in [5, 5.41) is 0. The van der Waals surface area contributed by atoms with E-state index in [2.05, 4.69) is 0 Å². The van der Waals surface area contributed by atoms with Crippen molar-refractivity contribution in [2.24, 2.45) is 0 Å². The molecule has 0 bridgehead atoms. The molecule has 0 aliphatic heterocycles. The molecule has 0 saturated carbocycles. The maximum absolute atomic E-state index is 8.74. The Labute approximate surface area is 136 Å². The van der Waals surface area contributed by atoms with Gasteiger partial charge in [-0.25, -0.2) is 0 Å². The zero-order valence-electron chi connectivity index (χ0n) is 7.15. The fourth-order valence-corrected chi connectivity index (χ4v) is 0. The summed E-state index contributed by atoms with van der Waals surface area (Å²) < 4.78 is 71.4. The van der Waals surface area contributed by atoms with E-state index >= 15 is 0 Å². The van der Waals surface area contributed by atoms with Crippen LogP contribution in [-0.2, 0) is 44.5 Å². The molecule has 74 valence electrons. The SMILES string of the molecule is O=S(=O)(O)O.O=S(=O)(O)O.[Na+].[Na+].[O]=[Ti]. The summed E-state index contributed by atoms with van der Waals surface area (Å²) in [6, 6.07) is 0. The molecule has 0 atom stereocenters. The van der Waals surface area contributed by atoms with Gasteiger partial charge in [-0.05, 0) is 0 Å². The van der Waals surface area contributed by atoms with Crippen molar-refractivity contribution in [3.63, 3.8) is 0 Å². The van der Waals surface area contributed by atoms with Crippen LogP contribution in [0.25, 0.3) is 0 Å². The zero-order chi connectivity index (χ0) is 11.0. The summed E-state index contributed by atoms with van der Waals surface area (Å²) >= 11 is 0.750. The predicted molar refractivity (Wildman–Crippen MR) is 29.0 cm³/mol. The van der Waals surface area contributed by atoms with Gasteiger partial charge >= 0.3 is 104 Å². The van der Waals surface area contributed by atoms with E-state index in [0.717, 1.165) is 20.4 Å². The van der Waals surface area contributed by atoms with Crippen molar-refractivity contribution < 1.29 is 118 Å². The van der Waals surface area contributed by atoms with Crippen LogP contribution in [-0.4, -0.2) is 35.0 Å². The van der Waals surface area contributed by atoms with E-state index < -0.39 is 20.8 Å². The fraction of sp³-hybridized carbons (Fsp3) is 0. The van der Waals surface area contributed by atoms with E-state index in [9.17, 15) is 0 Å². The Morgan fingerprint density at radius 2 is 0.643 bits per heavy atom. The second-order valence-corrected chi connectivity index (χ2v) is 2.69. The Balaban J connectivity index is -0.0000000292. The molecule has 0 heterocycles. The first-order valence-electron chi connectivity index (χ1n) is 1.60. The van der Waals surface area contributed by atoms with Crippen LogP contribution in [0.2, 0.25) is 0 Å². The van der Waals surface area contributed by atoms with Gasteiger partial charge in [-0.2, -0.15) is 16.8 Å². The molecular weight excluding hydrogens is 302 g/mol. The topological polar surface area (TPSA) is 166 Å². The summed E-state index contributed by atoms with van der Waals surface area (Å²) in [6.45, 7) is 0. The number of hydrogen-bond acceptors (Lipinski definition) is 5. The second-order valence-electron chi connectivity index (χ2n) is 0.896. The Morgan fingerprint density at radius 3 is 0.643 bits per heavy atom. The second kappa shape index (κ2) is 15.3. The first kappa shape index (κ1) is 29.9. The van der Waals surface area contributed by atoms with E-state index in [1.165, 1.54) is 0 Å². The molecule has 0 aliphatic rings. The van der Waals surface area contributed by atoms with Gasteiger partial charge in [0.25, 0.3) is 0 Å². The van der Waals surface area contributed by atoms with E-state index in [4.69, 9.17) is 38.4 Å². The summed E-state index contributed by atoms with van der Waals surface area (Å²) in [4.78, 5) is 0. The minimum atomic E-state index is -4.67. The molecule has 0 unspecified atom stereocenters. The monoisotopic (exact) mass is 306 g/mol. The van der Waals surface area contributed by atoms with Gasteiger partial charge in [-0.1, -0.05) is 0 Å². The van der Waals surface area contributed by atoms with Gasteiger partial charge in [-0.3, -0.25) is 18.2 Å². The third-order valence-corrected chi connectivity index (χ3v) is 0. The van der Waals surface area contributed by atoms with Crippen molar-refractivity contribution in [1.29, 1.82) is 0 Å². The van der Waals surface area contributed by atoms with Gasteiger partial charge in [0, 0.05) is 0 Å². The van der Waals surface area contributed by atoms with Gasteiger partial charge in [-0.15, -0.1) is 0 Å². The predicted octanol–water partition coefficient (Wildman–Crippen LogP) is -7.42. The third kappa shape index (κ3) is 493.